The number of phenolic OH excluding ortho intramolecular Hbond substituents is 2. The van der Waals surface area contributed by atoms with Crippen LogP contribution in [-0.4, -0.2) is 69.1 Å². The molecule has 1 unspecified atom stereocenters. The molecule has 3 aromatic carbocycles. The Morgan fingerprint density at radius 2 is 1.49 bits per heavy atom. The minimum atomic E-state index is -0.100. The van der Waals surface area contributed by atoms with Crippen LogP contribution in [-0.2, 0) is 6.54 Å². The molecule has 0 aromatic heterocycles. The Labute approximate surface area is 220 Å². The number of aromatic hydroxyl groups is 2. The van der Waals surface area contributed by atoms with Crippen LogP contribution >= 0.6 is 0 Å². The average molecular weight is 502 g/mol. The molecule has 0 aliphatic carbocycles. The molecule has 1 heterocycles. The number of piperazine rings is 1. The number of hydrogen-bond acceptors (Lipinski definition) is 5. The van der Waals surface area contributed by atoms with E-state index in [0.717, 1.165) is 36.3 Å². The highest BCUT2D eigenvalue weighted by molar-refractivity contribution is 5.94. The van der Waals surface area contributed by atoms with Crippen LogP contribution in [0.2, 0.25) is 0 Å². The molecule has 196 valence electrons. The molecule has 3 aromatic rings. The summed E-state index contributed by atoms with van der Waals surface area (Å²) < 4.78 is 0. The van der Waals surface area contributed by atoms with Crippen LogP contribution in [0, 0.1) is 0 Å². The van der Waals surface area contributed by atoms with Gasteiger partial charge in [0.15, 0.2) is 0 Å². The van der Waals surface area contributed by atoms with Gasteiger partial charge in [0.2, 0.25) is 0 Å². The molecule has 0 bridgehead atoms. The van der Waals surface area contributed by atoms with Gasteiger partial charge in [-0.05, 0) is 80.8 Å². The van der Waals surface area contributed by atoms with E-state index in [2.05, 4.69) is 41.8 Å². The van der Waals surface area contributed by atoms with Crippen LogP contribution in [0.5, 0.6) is 11.5 Å². The standard InChI is InChI=1S/C31H39N3O3/c1-5-32(6-2)31(37)27-13-8-11-25(17-27)30(26-12-9-15-29(36)18-26)34-20-22(3)33(19-23(34)4)21-24-10-7-14-28(35)16-24/h7-18,22-23,30,35-36H,5-6,19-21H2,1-4H3/t22-,23+,30?/m1/s1. The zero-order valence-corrected chi connectivity index (χ0v) is 22.3. The van der Waals surface area contributed by atoms with E-state index in [1.807, 2.05) is 61.2 Å². The molecular weight excluding hydrogens is 462 g/mol. The van der Waals surface area contributed by atoms with Crippen molar-refractivity contribution in [1.82, 2.24) is 14.7 Å². The van der Waals surface area contributed by atoms with E-state index in [-0.39, 0.29) is 29.8 Å². The van der Waals surface area contributed by atoms with Crippen molar-refractivity contribution in [2.45, 2.75) is 52.4 Å². The summed E-state index contributed by atoms with van der Waals surface area (Å²) in [6.07, 6.45) is 0. The predicted octanol–water partition coefficient (Wildman–Crippen LogP) is 5.26. The molecule has 0 spiro atoms. The van der Waals surface area contributed by atoms with Crippen LogP contribution in [0.4, 0.5) is 0 Å². The van der Waals surface area contributed by atoms with Gasteiger partial charge in [-0.25, -0.2) is 0 Å². The summed E-state index contributed by atoms with van der Waals surface area (Å²) in [5.74, 6) is 0.569. The molecule has 3 atom stereocenters. The van der Waals surface area contributed by atoms with Crippen molar-refractivity contribution in [3.05, 3.63) is 95.1 Å². The third-order valence-electron chi connectivity index (χ3n) is 7.48. The Kier molecular flexibility index (Phi) is 8.52. The fourth-order valence-electron chi connectivity index (χ4n) is 5.50. The van der Waals surface area contributed by atoms with E-state index in [1.54, 1.807) is 12.1 Å². The molecular formula is C31H39N3O3. The van der Waals surface area contributed by atoms with E-state index in [1.165, 1.54) is 0 Å². The number of phenols is 2. The van der Waals surface area contributed by atoms with Crippen LogP contribution < -0.4 is 0 Å². The highest BCUT2D eigenvalue weighted by Gasteiger charge is 2.35. The van der Waals surface area contributed by atoms with Crippen molar-refractivity contribution in [1.29, 1.82) is 0 Å². The van der Waals surface area contributed by atoms with Gasteiger partial charge < -0.3 is 15.1 Å². The SMILES string of the molecule is CCN(CC)C(=O)c1cccc(C(c2cccc(O)c2)N2C[C@@H](C)N(Cc3cccc(O)c3)C[C@@H]2C)c1. The van der Waals surface area contributed by atoms with Crippen LogP contribution in [0.15, 0.2) is 72.8 Å². The van der Waals surface area contributed by atoms with Gasteiger partial charge in [-0.3, -0.25) is 14.6 Å². The smallest absolute Gasteiger partial charge is 0.253 e. The number of rotatable bonds is 8. The number of nitrogens with zero attached hydrogens (tertiary/aromatic N) is 3. The molecule has 0 saturated carbocycles. The van der Waals surface area contributed by atoms with E-state index >= 15 is 0 Å². The molecule has 37 heavy (non-hydrogen) atoms. The molecule has 0 radical (unpaired) electrons. The fourth-order valence-corrected chi connectivity index (χ4v) is 5.50. The third kappa shape index (κ3) is 6.14. The number of amides is 1. The Bertz CT molecular complexity index is 1210. The van der Waals surface area contributed by atoms with Crippen LogP contribution in [0.25, 0.3) is 0 Å². The fraction of sp³-hybridized carbons (Fsp3) is 0.387. The molecule has 2 N–H and O–H groups in total. The topological polar surface area (TPSA) is 67.3 Å². The number of carbonyl (C=O) groups is 1. The summed E-state index contributed by atoms with van der Waals surface area (Å²) in [6, 6.07) is 23.3. The van der Waals surface area contributed by atoms with Gasteiger partial charge in [0, 0.05) is 50.4 Å². The van der Waals surface area contributed by atoms with Crippen molar-refractivity contribution < 1.29 is 15.0 Å². The second-order valence-corrected chi connectivity index (χ2v) is 10.1. The van der Waals surface area contributed by atoms with E-state index < -0.39 is 0 Å². The molecule has 6 heteroatoms. The van der Waals surface area contributed by atoms with Gasteiger partial charge in [0.25, 0.3) is 5.91 Å². The Morgan fingerprint density at radius 1 is 0.865 bits per heavy atom. The Hall–Kier alpha value is -3.35. The normalized spacial score (nSPS) is 19.5. The van der Waals surface area contributed by atoms with Gasteiger partial charge in [0.1, 0.15) is 11.5 Å². The first kappa shape index (κ1) is 26.7. The quantitative estimate of drug-likeness (QED) is 0.441. The first-order valence-corrected chi connectivity index (χ1v) is 13.3. The van der Waals surface area contributed by atoms with Crippen molar-refractivity contribution in [2.24, 2.45) is 0 Å². The van der Waals surface area contributed by atoms with Gasteiger partial charge in [-0.15, -0.1) is 0 Å². The molecule has 1 amide bonds. The van der Waals surface area contributed by atoms with E-state index in [9.17, 15) is 15.0 Å². The van der Waals surface area contributed by atoms with Gasteiger partial charge >= 0.3 is 0 Å². The summed E-state index contributed by atoms with van der Waals surface area (Å²) in [5.41, 5.74) is 3.84. The molecule has 1 saturated heterocycles. The van der Waals surface area contributed by atoms with Crippen molar-refractivity contribution in [3.8, 4) is 11.5 Å². The van der Waals surface area contributed by atoms with Gasteiger partial charge in [0.05, 0.1) is 6.04 Å². The summed E-state index contributed by atoms with van der Waals surface area (Å²) in [6.45, 7) is 12.3. The second kappa shape index (κ2) is 11.8. The lowest BCUT2D eigenvalue weighted by molar-refractivity contribution is 0.0194. The highest BCUT2D eigenvalue weighted by atomic mass is 16.3. The molecule has 6 nitrogen and oxygen atoms in total. The lowest BCUT2D eigenvalue weighted by Crippen LogP contribution is -2.56. The Balaban J connectivity index is 1.66. The molecule has 4 rings (SSSR count). The predicted molar refractivity (Wildman–Crippen MR) is 148 cm³/mol. The monoisotopic (exact) mass is 501 g/mol. The van der Waals surface area contributed by atoms with E-state index in [0.29, 0.717) is 24.4 Å². The lowest BCUT2D eigenvalue weighted by atomic mass is 9.92. The van der Waals surface area contributed by atoms with E-state index in [4.69, 9.17) is 0 Å². The number of benzene rings is 3. The van der Waals surface area contributed by atoms with Gasteiger partial charge in [-0.2, -0.15) is 0 Å². The maximum atomic E-state index is 13.2. The van der Waals surface area contributed by atoms with Crippen LogP contribution in [0.3, 0.4) is 0 Å². The maximum absolute atomic E-state index is 13.2. The average Bonchev–Trinajstić information content (AvgIpc) is 2.88. The van der Waals surface area contributed by atoms with Crippen LogP contribution in [0.1, 0.15) is 60.8 Å². The first-order chi connectivity index (χ1) is 17.8. The highest BCUT2D eigenvalue weighted by Crippen LogP contribution is 2.35. The zero-order chi connectivity index (χ0) is 26.5. The van der Waals surface area contributed by atoms with Crippen molar-refractivity contribution in [2.75, 3.05) is 26.2 Å². The second-order valence-electron chi connectivity index (χ2n) is 10.1. The molecule has 1 aliphatic rings. The largest absolute Gasteiger partial charge is 0.508 e. The summed E-state index contributed by atoms with van der Waals surface area (Å²) in [4.78, 5) is 19.9. The Morgan fingerprint density at radius 3 is 2.14 bits per heavy atom. The minimum absolute atomic E-state index is 0.0406. The third-order valence-corrected chi connectivity index (χ3v) is 7.48. The van der Waals surface area contributed by atoms with Crippen molar-refractivity contribution >= 4 is 5.91 Å². The molecule has 1 fully saturated rings. The minimum Gasteiger partial charge on any atom is -0.508 e. The lowest BCUT2D eigenvalue weighted by Gasteiger charge is -2.47. The first-order valence-electron chi connectivity index (χ1n) is 13.3. The maximum Gasteiger partial charge on any atom is 0.253 e. The summed E-state index contributed by atoms with van der Waals surface area (Å²) in [7, 11) is 0. The zero-order valence-electron chi connectivity index (χ0n) is 22.3. The van der Waals surface area contributed by atoms with Gasteiger partial charge in [-0.1, -0.05) is 36.4 Å². The number of carbonyl (C=O) groups excluding carboxylic acids is 1. The molecule has 1 aliphatic heterocycles. The van der Waals surface area contributed by atoms with Crippen molar-refractivity contribution in [3.63, 3.8) is 0 Å². The summed E-state index contributed by atoms with van der Waals surface area (Å²) in [5, 5.41) is 20.2. The number of hydrogen-bond donors (Lipinski definition) is 2. The summed E-state index contributed by atoms with van der Waals surface area (Å²) >= 11 is 0.